The molecular weight excluding hydrogens is 328 g/mol. The fourth-order valence-electron chi connectivity index (χ4n) is 4.07. The third-order valence-electron chi connectivity index (χ3n) is 5.13. The SMILES string of the molecule is COc1ccc(OCC(=O)NC2C3CCCC2CC(N)C3)cc1.Cl. The summed E-state index contributed by atoms with van der Waals surface area (Å²) in [4.78, 5) is 12.2. The van der Waals surface area contributed by atoms with E-state index in [1.807, 2.05) is 12.1 Å². The summed E-state index contributed by atoms with van der Waals surface area (Å²) in [5.74, 6) is 2.46. The number of amides is 1. The third-order valence-corrected chi connectivity index (χ3v) is 5.13. The van der Waals surface area contributed by atoms with Crippen LogP contribution in [0.4, 0.5) is 0 Å². The Labute approximate surface area is 149 Å². The van der Waals surface area contributed by atoms with Gasteiger partial charge in [-0.25, -0.2) is 0 Å². The number of ether oxygens (including phenoxy) is 2. The first-order chi connectivity index (χ1) is 11.2. The number of benzene rings is 1. The van der Waals surface area contributed by atoms with Gasteiger partial charge in [-0.3, -0.25) is 4.79 Å². The van der Waals surface area contributed by atoms with Gasteiger partial charge in [0.05, 0.1) is 7.11 Å². The second-order valence-electron chi connectivity index (χ2n) is 6.74. The van der Waals surface area contributed by atoms with Crippen molar-refractivity contribution in [3.63, 3.8) is 0 Å². The molecule has 2 bridgehead atoms. The van der Waals surface area contributed by atoms with Gasteiger partial charge in [-0.15, -0.1) is 12.4 Å². The lowest BCUT2D eigenvalue weighted by atomic mass is 9.67. The van der Waals surface area contributed by atoms with E-state index in [9.17, 15) is 4.79 Å². The Morgan fingerprint density at radius 3 is 2.33 bits per heavy atom. The van der Waals surface area contributed by atoms with Crippen molar-refractivity contribution in [1.29, 1.82) is 0 Å². The van der Waals surface area contributed by atoms with E-state index in [0.29, 0.717) is 23.6 Å². The van der Waals surface area contributed by atoms with Gasteiger partial charge in [0, 0.05) is 12.1 Å². The van der Waals surface area contributed by atoms with Gasteiger partial charge in [-0.1, -0.05) is 6.42 Å². The van der Waals surface area contributed by atoms with Crippen molar-refractivity contribution in [3.05, 3.63) is 24.3 Å². The van der Waals surface area contributed by atoms with Gasteiger partial charge in [0.2, 0.25) is 0 Å². The molecule has 1 aromatic carbocycles. The highest BCUT2D eigenvalue weighted by Gasteiger charge is 2.39. The predicted molar refractivity (Wildman–Crippen MR) is 95.7 cm³/mol. The number of carbonyl (C=O) groups is 1. The largest absolute Gasteiger partial charge is 0.497 e. The average molecular weight is 355 g/mol. The Bertz CT molecular complexity index is 524. The number of carbonyl (C=O) groups excluding carboxylic acids is 1. The molecule has 1 amide bonds. The fraction of sp³-hybridized carbons (Fsp3) is 0.611. The monoisotopic (exact) mass is 354 g/mol. The molecule has 24 heavy (non-hydrogen) atoms. The summed E-state index contributed by atoms with van der Waals surface area (Å²) < 4.78 is 10.7. The number of methoxy groups -OCH3 is 1. The van der Waals surface area contributed by atoms with Crippen molar-refractivity contribution in [3.8, 4) is 11.5 Å². The van der Waals surface area contributed by atoms with Gasteiger partial charge in [0.1, 0.15) is 11.5 Å². The summed E-state index contributed by atoms with van der Waals surface area (Å²) in [6.07, 6.45) is 5.67. The molecule has 0 saturated heterocycles. The molecule has 0 aromatic heterocycles. The first kappa shape index (κ1) is 18.9. The molecule has 1 aromatic rings. The van der Waals surface area contributed by atoms with E-state index in [2.05, 4.69) is 5.32 Å². The van der Waals surface area contributed by atoms with Crippen molar-refractivity contribution >= 4 is 18.3 Å². The molecule has 2 fully saturated rings. The fourth-order valence-corrected chi connectivity index (χ4v) is 4.07. The molecule has 0 radical (unpaired) electrons. The van der Waals surface area contributed by atoms with Crippen LogP contribution in [-0.4, -0.2) is 31.7 Å². The smallest absolute Gasteiger partial charge is 0.258 e. The topological polar surface area (TPSA) is 73.6 Å². The van der Waals surface area contributed by atoms with Gasteiger partial charge in [-0.05, 0) is 61.8 Å². The van der Waals surface area contributed by atoms with Crippen LogP contribution in [0.25, 0.3) is 0 Å². The lowest BCUT2D eigenvalue weighted by Gasteiger charge is -2.45. The number of nitrogens with two attached hydrogens (primary N) is 1. The number of rotatable bonds is 5. The van der Waals surface area contributed by atoms with Crippen LogP contribution < -0.4 is 20.5 Å². The Kier molecular flexibility index (Phi) is 6.75. The van der Waals surface area contributed by atoms with Crippen LogP contribution in [0.3, 0.4) is 0 Å². The molecule has 2 unspecified atom stereocenters. The molecule has 3 N–H and O–H groups in total. The lowest BCUT2D eigenvalue weighted by molar-refractivity contribution is -0.125. The summed E-state index contributed by atoms with van der Waals surface area (Å²) >= 11 is 0. The number of hydrogen-bond acceptors (Lipinski definition) is 4. The Morgan fingerprint density at radius 1 is 1.17 bits per heavy atom. The summed E-state index contributed by atoms with van der Waals surface area (Å²) in [5.41, 5.74) is 6.13. The van der Waals surface area contributed by atoms with Crippen LogP contribution in [0.2, 0.25) is 0 Å². The predicted octanol–water partition coefficient (Wildman–Crippen LogP) is 2.52. The van der Waals surface area contributed by atoms with Crippen LogP contribution in [0, 0.1) is 11.8 Å². The quantitative estimate of drug-likeness (QED) is 0.852. The summed E-state index contributed by atoms with van der Waals surface area (Å²) in [6.45, 7) is 0.0499. The van der Waals surface area contributed by atoms with E-state index in [1.165, 1.54) is 19.3 Å². The van der Waals surface area contributed by atoms with Crippen molar-refractivity contribution in [2.75, 3.05) is 13.7 Å². The van der Waals surface area contributed by atoms with Gasteiger partial charge < -0.3 is 20.5 Å². The molecule has 2 atom stereocenters. The molecule has 0 heterocycles. The van der Waals surface area contributed by atoms with Crippen molar-refractivity contribution in [2.45, 2.75) is 44.2 Å². The first-order valence-corrected chi connectivity index (χ1v) is 8.47. The zero-order valence-electron chi connectivity index (χ0n) is 14.1. The van der Waals surface area contributed by atoms with E-state index >= 15 is 0 Å². The Hall–Kier alpha value is -1.46. The maximum absolute atomic E-state index is 12.2. The summed E-state index contributed by atoms with van der Waals surface area (Å²) in [5, 5.41) is 3.19. The standard InChI is InChI=1S/C18H26N2O3.ClH/c1-22-15-5-7-16(8-6-15)23-11-17(21)20-18-12-3-2-4-13(18)10-14(19)9-12;/h5-8,12-14,18H,2-4,9-11,19H2,1H3,(H,20,21);1H. The zero-order chi connectivity index (χ0) is 16.2. The van der Waals surface area contributed by atoms with Crippen LogP contribution in [0.1, 0.15) is 32.1 Å². The molecule has 134 valence electrons. The number of nitrogens with one attached hydrogen (secondary N) is 1. The van der Waals surface area contributed by atoms with E-state index in [0.717, 1.165) is 18.6 Å². The van der Waals surface area contributed by atoms with Crippen LogP contribution in [-0.2, 0) is 4.79 Å². The number of halogens is 1. The average Bonchev–Trinajstić information content (AvgIpc) is 2.54. The Balaban J connectivity index is 0.00000208. The molecule has 2 saturated carbocycles. The molecular formula is C18H27ClN2O3. The molecule has 2 aliphatic rings. The van der Waals surface area contributed by atoms with Crippen molar-refractivity contribution < 1.29 is 14.3 Å². The number of hydrogen-bond donors (Lipinski definition) is 2. The highest BCUT2D eigenvalue weighted by molar-refractivity contribution is 5.85. The molecule has 5 nitrogen and oxygen atoms in total. The van der Waals surface area contributed by atoms with Crippen LogP contribution in [0.5, 0.6) is 11.5 Å². The van der Waals surface area contributed by atoms with Crippen molar-refractivity contribution in [2.24, 2.45) is 17.6 Å². The second kappa shape index (κ2) is 8.58. The minimum Gasteiger partial charge on any atom is -0.497 e. The second-order valence-corrected chi connectivity index (χ2v) is 6.74. The minimum atomic E-state index is -0.0433. The van der Waals surface area contributed by atoms with E-state index < -0.39 is 0 Å². The van der Waals surface area contributed by atoms with Gasteiger partial charge in [0.15, 0.2) is 6.61 Å². The highest BCUT2D eigenvalue weighted by Crippen LogP contribution is 2.39. The minimum absolute atomic E-state index is 0. The lowest BCUT2D eigenvalue weighted by Crippen LogP contribution is -2.54. The molecule has 3 rings (SSSR count). The van der Waals surface area contributed by atoms with E-state index in [4.69, 9.17) is 15.2 Å². The maximum Gasteiger partial charge on any atom is 0.258 e. The summed E-state index contributed by atoms with van der Waals surface area (Å²) in [7, 11) is 1.62. The molecule has 0 spiro atoms. The highest BCUT2D eigenvalue weighted by atomic mass is 35.5. The normalized spacial score (nSPS) is 28.4. The summed E-state index contributed by atoms with van der Waals surface area (Å²) in [6, 6.07) is 7.82. The van der Waals surface area contributed by atoms with Crippen LogP contribution in [0.15, 0.2) is 24.3 Å². The molecule has 2 aliphatic carbocycles. The number of fused-ring (bicyclic) bond motifs is 2. The van der Waals surface area contributed by atoms with E-state index in [-0.39, 0.29) is 31.0 Å². The molecule has 6 heteroatoms. The Morgan fingerprint density at radius 2 is 1.75 bits per heavy atom. The maximum atomic E-state index is 12.2. The zero-order valence-corrected chi connectivity index (χ0v) is 14.9. The molecule has 0 aliphatic heterocycles. The van der Waals surface area contributed by atoms with Gasteiger partial charge >= 0.3 is 0 Å². The third kappa shape index (κ3) is 4.54. The van der Waals surface area contributed by atoms with Crippen LogP contribution >= 0.6 is 12.4 Å². The van der Waals surface area contributed by atoms with Crippen molar-refractivity contribution in [1.82, 2.24) is 5.32 Å². The van der Waals surface area contributed by atoms with E-state index in [1.54, 1.807) is 19.2 Å². The van der Waals surface area contributed by atoms with Gasteiger partial charge in [0.25, 0.3) is 5.91 Å². The van der Waals surface area contributed by atoms with Gasteiger partial charge in [-0.2, -0.15) is 0 Å². The first-order valence-electron chi connectivity index (χ1n) is 8.47.